The van der Waals surface area contributed by atoms with Crippen LogP contribution >= 0.6 is 0 Å². The van der Waals surface area contributed by atoms with Crippen molar-refractivity contribution < 1.29 is 0 Å². The maximum atomic E-state index is 6.42. The molecule has 3 atom stereocenters. The van der Waals surface area contributed by atoms with Crippen LogP contribution in [0.25, 0.3) is 0 Å². The van der Waals surface area contributed by atoms with E-state index in [1.165, 1.54) is 12.8 Å². The van der Waals surface area contributed by atoms with Gasteiger partial charge in [-0.3, -0.25) is 4.90 Å². The number of rotatable bonds is 6. The Labute approximate surface area is 114 Å². The van der Waals surface area contributed by atoms with Gasteiger partial charge in [0.1, 0.15) is 0 Å². The van der Waals surface area contributed by atoms with E-state index in [4.69, 9.17) is 5.73 Å². The van der Waals surface area contributed by atoms with E-state index in [-0.39, 0.29) is 0 Å². The molecule has 0 aliphatic heterocycles. The number of nitrogens with two attached hydrogens (primary N) is 1. The van der Waals surface area contributed by atoms with Gasteiger partial charge in [0.15, 0.2) is 0 Å². The van der Waals surface area contributed by atoms with Crippen molar-refractivity contribution in [3.8, 4) is 0 Å². The van der Waals surface area contributed by atoms with Gasteiger partial charge in [-0.1, -0.05) is 20.8 Å². The van der Waals surface area contributed by atoms with Gasteiger partial charge in [0.2, 0.25) is 0 Å². The summed E-state index contributed by atoms with van der Waals surface area (Å²) < 4.78 is 0. The zero-order valence-corrected chi connectivity index (χ0v) is 13.2. The lowest BCUT2D eigenvalue weighted by Crippen LogP contribution is -2.46. The summed E-state index contributed by atoms with van der Waals surface area (Å²) in [5, 5.41) is 0. The van der Waals surface area contributed by atoms with Crippen molar-refractivity contribution >= 4 is 0 Å². The largest absolute Gasteiger partial charge is 0.327 e. The minimum absolute atomic E-state index is 0.328. The van der Waals surface area contributed by atoms with Crippen LogP contribution in [0.15, 0.2) is 0 Å². The Bertz CT molecular complexity index is 250. The van der Waals surface area contributed by atoms with Crippen LogP contribution in [0.1, 0.15) is 40.5 Å². The minimum atomic E-state index is 0.328. The van der Waals surface area contributed by atoms with E-state index in [1.54, 1.807) is 0 Å². The summed E-state index contributed by atoms with van der Waals surface area (Å²) in [7, 11) is 4.30. The zero-order chi connectivity index (χ0) is 13.9. The third-order valence-electron chi connectivity index (χ3n) is 4.70. The third-order valence-corrected chi connectivity index (χ3v) is 4.70. The molecule has 1 saturated carbocycles. The van der Waals surface area contributed by atoms with Gasteiger partial charge in [0.05, 0.1) is 0 Å². The van der Waals surface area contributed by atoms with Gasteiger partial charge in [0.25, 0.3) is 0 Å². The molecule has 1 aliphatic rings. The molecule has 0 aromatic heterocycles. The van der Waals surface area contributed by atoms with Crippen molar-refractivity contribution in [3.63, 3.8) is 0 Å². The van der Waals surface area contributed by atoms with Crippen molar-refractivity contribution in [2.24, 2.45) is 17.1 Å². The molecule has 1 aliphatic carbocycles. The second-order valence-electron chi connectivity index (χ2n) is 7.01. The molecule has 1 rings (SSSR count). The van der Waals surface area contributed by atoms with E-state index >= 15 is 0 Å². The Morgan fingerprint density at radius 2 is 1.94 bits per heavy atom. The third kappa shape index (κ3) is 3.94. The molecule has 0 radical (unpaired) electrons. The molecule has 108 valence electrons. The molecule has 0 aromatic carbocycles. The predicted molar refractivity (Wildman–Crippen MR) is 79.7 cm³/mol. The van der Waals surface area contributed by atoms with Crippen LogP contribution in [0, 0.1) is 11.3 Å². The van der Waals surface area contributed by atoms with Crippen LogP contribution in [0.5, 0.6) is 0 Å². The monoisotopic (exact) mass is 255 g/mol. The average Bonchev–Trinajstić information content (AvgIpc) is 2.51. The number of nitrogens with zero attached hydrogens (tertiary/aromatic N) is 2. The Morgan fingerprint density at radius 3 is 2.33 bits per heavy atom. The molecule has 1 fully saturated rings. The molecule has 3 nitrogen and oxygen atoms in total. The average molecular weight is 255 g/mol. The van der Waals surface area contributed by atoms with Crippen LogP contribution in [0.2, 0.25) is 0 Å². The van der Waals surface area contributed by atoms with Crippen LogP contribution in [0.3, 0.4) is 0 Å². The quantitative estimate of drug-likeness (QED) is 0.788. The number of hydrogen-bond acceptors (Lipinski definition) is 3. The highest BCUT2D eigenvalue weighted by Gasteiger charge is 2.40. The van der Waals surface area contributed by atoms with Gasteiger partial charge in [-0.2, -0.15) is 0 Å². The normalized spacial score (nSPS) is 29.2. The van der Waals surface area contributed by atoms with Crippen LogP contribution < -0.4 is 5.73 Å². The SMILES string of the molecule is CCN(CC1CCC(C)(C)C1N)C(C)CN(C)C. The van der Waals surface area contributed by atoms with E-state index in [9.17, 15) is 0 Å². The molecule has 0 saturated heterocycles. The van der Waals surface area contributed by atoms with Crippen LogP contribution in [-0.4, -0.2) is 55.6 Å². The lowest BCUT2D eigenvalue weighted by atomic mass is 9.85. The molecule has 0 amide bonds. The van der Waals surface area contributed by atoms with Gasteiger partial charge >= 0.3 is 0 Å². The Kier molecular flexibility index (Phi) is 5.63. The summed E-state index contributed by atoms with van der Waals surface area (Å²) in [6, 6.07) is 0.971. The van der Waals surface area contributed by atoms with E-state index in [0.717, 1.165) is 19.6 Å². The number of hydrogen-bond donors (Lipinski definition) is 1. The van der Waals surface area contributed by atoms with Crippen molar-refractivity contribution in [3.05, 3.63) is 0 Å². The zero-order valence-electron chi connectivity index (χ0n) is 13.2. The second kappa shape index (κ2) is 6.36. The van der Waals surface area contributed by atoms with Gasteiger partial charge in [-0.15, -0.1) is 0 Å². The Morgan fingerprint density at radius 1 is 1.33 bits per heavy atom. The molecule has 0 aromatic rings. The van der Waals surface area contributed by atoms with Crippen molar-refractivity contribution in [1.29, 1.82) is 0 Å². The van der Waals surface area contributed by atoms with Crippen LogP contribution in [-0.2, 0) is 0 Å². The van der Waals surface area contributed by atoms with Crippen molar-refractivity contribution in [2.45, 2.75) is 52.6 Å². The fraction of sp³-hybridized carbons (Fsp3) is 1.00. The van der Waals surface area contributed by atoms with E-state index in [0.29, 0.717) is 23.4 Å². The summed E-state index contributed by atoms with van der Waals surface area (Å²) in [5.74, 6) is 0.671. The molecular weight excluding hydrogens is 222 g/mol. The summed E-state index contributed by atoms with van der Waals surface area (Å²) in [4.78, 5) is 4.86. The molecule has 0 bridgehead atoms. The van der Waals surface area contributed by atoms with E-state index in [1.807, 2.05) is 0 Å². The van der Waals surface area contributed by atoms with Gasteiger partial charge in [-0.25, -0.2) is 0 Å². The summed E-state index contributed by atoms with van der Waals surface area (Å²) >= 11 is 0. The Balaban J connectivity index is 2.54. The fourth-order valence-electron chi connectivity index (χ4n) is 3.31. The fourth-order valence-corrected chi connectivity index (χ4v) is 3.31. The molecular formula is C15H33N3. The first-order valence-corrected chi connectivity index (χ1v) is 7.42. The molecule has 0 heterocycles. The first kappa shape index (κ1) is 15.9. The summed E-state index contributed by atoms with van der Waals surface area (Å²) in [6.07, 6.45) is 2.57. The standard InChI is InChI=1S/C15H33N3/c1-7-18(12(2)10-17(5)6)11-13-8-9-15(3,4)14(13)16/h12-14H,7-11,16H2,1-6H3. The summed E-state index contributed by atoms with van der Waals surface area (Å²) in [6.45, 7) is 12.6. The molecule has 3 unspecified atom stereocenters. The minimum Gasteiger partial charge on any atom is -0.327 e. The highest BCUT2D eigenvalue weighted by molar-refractivity contribution is 4.95. The molecule has 2 N–H and O–H groups in total. The molecule has 0 spiro atoms. The Hall–Kier alpha value is -0.120. The number of likely N-dealkylation sites (N-methyl/N-ethyl adjacent to an activating group) is 2. The molecule has 18 heavy (non-hydrogen) atoms. The van der Waals surface area contributed by atoms with Crippen molar-refractivity contribution in [1.82, 2.24) is 9.80 Å². The maximum absolute atomic E-state index is 6.42. The predicted octanol–water partition coefficient (Wildman–Crippen LogP) is 2.02. The van der Waals surface area contributed by atoms with Gasteiger partial charge < -0.3 is 10.6 Å². The molecule has 3 heteroatoms. The lowest BCUT2D eigenvalue weighted by Gasteiger charge is -2.34. The first-order chi connectivity index (χ1) is 8.27. The van der Waals surface area contributed by atoms with E-state index in [2.05, 4.69) is 51.6 Å². The van der Waals surface area contributed by atoms with Crippen LogP contribution in [0.4, 0.5) is 0 Å². The topological polar surface area (TPSA) is 32.5 Å². The first-order valence-electron chi connectivity index (χ1n) is 7.42. The lowest BCUT2D eigenvalue weighted by molar-refractivity contribution is 0.146. The van der Waals surface area contributed by atoms with Crippen molar-refractivity contribution in [2.75, 3.05) is 33.7 Å². The highest BCUT2D eigenvalue weighted by atomic mass is 15.2. The van der Waals surface area contributed by atoms with E-state index < -0.39 is 0 Å². The maximum Gasteiger partial charge on any atom is 0.0194 e. The summed E-state index contributed by atoms with van der Waals surface area (Å²) in [5.41, 5.74) is 6.75. The highest BCUT2D eigenvalue weighted by Crippen LogP contribution is 2.40. The van der Waals surface area contributed by atoms with Gasteiger partial charge in [-0.05, 0) is 51.7 Å². The smallest absolute Gasteiger partial charge is 0.0194 e. The van der Waals surface area contributed by atoms with Gasteiger partial charge in [0, 0.05) is 25.2 Å². The second-order valence-corrected chi connectivity index (χ2v) is 7.01.